The number of hydrogen-bond acceptors (Lipinski definition) is 4. The minimum Gasteiger partial charge on any atom is -0.365 e. The van der Waals surface area contributed by atoms with Gasteiger partial charge in [-0.05, 0) is 48.4 Å². The number of nitrogens with two attached hydrogens (primary N) is 2. The predicted octanol–water partition coefficient (Wildman–Crippen LogP) is 3.47. The van der Waals surface area contributed by atoms with Crippen LogP contribution in [0.1, 0.15) is 44.3 Å². The molecule has 35 heavy (non-hydrogen) atoms. The van der Waals surface area contributed by atoms with Crippen molar-refractivity contribution in [3.63, 3.8) is 0 Å². The van der Waals surface area contributed by atoms with Gasteiger partial charge in [0.05, 0.1) is 35.0 Å². The average Bonchev–Trinajstić information content (AvgIpc) is 3.16. The molecule has 3 amide bonds. The number of aromatic nitrogens is 2. The molecule has 4 rings (SSSR count). The maximum atomic E-state index is 14.1. The summed E-state index contributed by atoms with van der Waals surface area (Å²) in [6.07, 6.45) is -4.86. The van der Waals surface area contributed by atoms with Crippen molar-refractivity contribution < 1.29 is 27.2 Å². The Hall–Kier alpha value is -4.40. The number of amides is 3. The summed E-state index contributed by atoms with van der Waals surface area (Å²) in [5.41, 5.74) is 9.98. The number of nitrogens with zero attached hydrogens (tertiary/aromatic N) is 4. The van der Waals surface area contributed by atoms with Crippen LogP contribution < -0.4 is 11.5 Å². The van der Waals surface area contributed by atoms with Crippen molar-refractivity contribution in [1.82, 2.24) is 14.7 Å². The largest absolute Gasteiger partial charge is 0.417 e. The molecule has 0 saturated heterocycles. The van der Waals surface area contributed by atoms with E-state index in [0.717, 1.165) is 23.1 Å². The summed E-state index contributed by atoms with van der Waals surface area (Å²) in [7, 11) is 0. The first-order chi connectivity index (χ1) is 16.4. The van der Waals surface area contributed by atoms with E-state index >= 15 is 0 Å². The van der Waals surface area contributed by atoms with Crippen molar-refractivity contribution in [1.29, 1.82) is 5.26 Å². The summed E-state index contributed by atoms with van der Waals surface area (Å²) in [5, 5.41) is 13.5. The second-order valence-corrected chi connectivity index (χ2v) is 8.06. The van der Waals surface area contributed by atoms with E-state index in [-0.39, 0.29) is 41.2 Å². The molecule has 1 aliphatic rings. The lowest BCUT2D eigenvalue weighted by Crippen LogP contribution is -2.46. The number of halogens is 4. The van der Waals surface area contributed by atoms with Crippen LogP contribution in [0.2, 0.25) is 0 Å². The molecule has 0 saturated carbocycles. The molecular weight excluding hydrogens is 468 g/mol. The maximum Gasteiger partial charge on any atom is 0.417 e. The van der Waals surface area contributed by atoms with Gasteiger partial charge in [-0.15, -0.1) is 0 Å². The molecule has 1 atom stereocenters. The summed E-state index contributed by atoms with van der Waals surface area (Å²) in [6, 6.07) is 6.24. The molecule has 1 aliphatic heterocycles. The Bertz CT molecular complexity index is 1390. The van der Waals surface area contributed by atoms with Gasteiger partial charge in [0.1, 0.15) is 17.6 Å². The SMILES string of the molecule is Cc1cc(F)cc(-c2nn3c(c2C(N)=O)C(c2ccc(C#N)c(C(F)(F)F)c2)N(C(N)=O)CC3)c1. The van der Waals surface area contributed by atoms with Gasteiger partial charge in [0.25, 0.3) is 5.91 Å². The fraction of sp³-hybridized carbons (Fsp3) is 0.217. The Balaban J connectivity index is 2.02. The van der Waals surface area contributed by atoms with Crippen molar-refractivity contribution >= 4 is 11.9 Å². The van der Waals surface area contributed by atoms with Crippen molar-refractivity contribution in [2.45, 2.75) is 25.7 Å². The van der Waals surface area contributed by atoms with Crippen LogP contribution >= 0.6 is 0 Å². The normalized spacial score (nSPS) is 15.4. The number of carbonyl (C=O) groups excluding carboxylic acids is 2. The quantitative estimate of drug-likeness (QED) is 0.549. The van der Waals surface area contributed by atoms with Gasteiger partial charge in [-0.1, -0.05) is 6.07 Å². The lowest BCUT2D eigenvalue weighted by molar-refractivity contribution is -0.137. The zero-order valence-corrected chi connectivity index (χ0v) is 18.2. The Morgan fingerprint density at radius 3 is 2.43 bits per heavy atom. The summed E-state index contributed by atoms with van der Waals surface area (Å²) in [4.78, 5) is 26.0. The van der Waals surface area contributed by atoms with Crippen molar-refractivity contribution in [3.8, 4) is 17.3 Å². The molecule has 1 aromatic heterocycles. The third-order valence-corrected chi connectivity index (χ3v) is 5.75. The zero-order chi connectivity index (χ0) is 25.7. The van der Waals surface area contributed by atoms with Crippen LogP contribution in [0, 0.1) is 24.1 Å². The van der Waals surface area contributed by atoms with E-state index in [1.807, 2.05) is 0 Å². The van der Waals surface area contributed by atoms with Crippen molar-refractivity contribution in [2.75, 3.05) is 6.54 Å². The number of urea groups is 1. The van der Waals surface area contributed by atoms with Crippen molar-refractivity contribution in [3.05, 3.63) is 75.7 Å². The fourth-order valence-electron chi connectivity index (χ4n) is 4.36. The summed E-state index contributed by atoms with van der Waals surface area (Å²) >= 11 is 0. The van der Waals surface area contributed by atoms with E-state index in [1.165, 1.54) is 22.9 Å². The molecule has 2 aromatic carbocycles. The van der Waals surface area contributed by atoms with E-state index in [2.05, 4.69) is 5.10 Å². The Morgan fingerprint density at radius 1 is 1.14 bits per heavy atom. The third-order valence-electron chi connectivity index (χ3n) is 5.75. The third kappa shape index (κ3) is 4.16. The molecular formula is C23H18F4N6O2. The average molecular weight is 486 g/mol. The summed E-state index contributed by atoms with van der Waals surface area (Å²) in [5.74, 6) is -1.55. The number of nitriles is 1. The molecule has 4 N–H and O–H groups in total. The standard InChI is InChI=1S/C23H18F4N6O2/c1-11-6-14(8-15(24)7-11)18-17(21(29)34)20-19(32(22(30)35)4-5-33(20)31-18)12-2-3-13(10-28)16(9-12)23(25,26)27/h2-3,6-9,19H,4-5H2,1H3,(H2,29,34)(H2,30,35). The van der Waals surface area contributed by atoms with Crippen LogP contribution in [-0.4, -0.2) is 33.2 Å². The number of rotatable bonds is 3. The number of alkyl halides is 3. The van der Waals surface area contributed by atoms with Gasteiger partial charge in [-0.3, -0.25) is 9.48 Å². The minimum absolute atomic E-state index is 0.0242. The Morgan fingerprint density at radius 2 is 1.86 bits per heavy atom. The first-order valence-corrected chi connectivity index (χ1v) is 10.3. The second kappa shape index (κ2) is 8.43. The molecule has 2 heterocycles. The monoisotopic (exact) mass is 486 g/mol. The molecule has 0 bridgehead atoms. The number of benzene rings is 2. The lowest BCUT2D eigenvalue weighted by atomic mass is 9.92. The Kier molecular flexibility index (Phi) is 5.72. The maximum absolute atomic E-state index is 14.1. The van der Waals surface area contributed by atoms with Crippen LogP contribution in [-0.2, 0) is 12.7 Å². The first-order valence-electron chi connectivity index (χ1n) is 10.3. The van der Waals surface area contributed by atoms with Gasteiger partial charge in [0.2, 0.25) is 0 Å². The zero-order valence-electron chi connectivity index (χ0n) is 18.2. The molecule has 0 radical (unpaired) electrons. The van der Waals surface area contributed by atoms with Crippen molar-refractivity contribution in [2.24, 2.45) is 11.5 Å². The molecule has 8 nitrogen and oxygen atoms in total. The van der Waals surface area contributed by atoms with Crippen LogP contribution in [0.15, 0.2) is 36.4 Å². The summed E-state index contributed by atoms with van der Waals surface area (Å²) in [6.45, 7) is 1.67. The highest BCUT2D eigenvalue weighted by molar-refractivity contribution is 6.00. The highest BCUT2D eigenvalue weighted by Gasteiger charge is 2.40. The fourth-order valence-corrected chi connectivity index (χ4v) is 4.36. The second-order valence-electron chi connectivity index (χ2n) is 8.06. The molecule has 1 unspecified atom stereocenters. The number of fused-ring (bicyclic) bond motifs is 1. The number of carbonyl (C=O) groups is 2. The minimum atomic E-state index is -4.86. The van der Waals surface area contributed by atoms with E-state index in [9.17, 15) is 27.2 Å². The number of hydrogen-bond donors (Lipinski definition) is 2. The number of primary amides is 2. The van der Waals surface area contributed by atoms with Gasteiger partial charge in [-0.25, -0.2) is 9.18 Å². The Labute approximate surface area is 196 Å². The van der Waals surface area contributed by atoms with Crippen LogP contribution in [0.4, 0.5) is 22.4 Å². The van der Waals surface area contributed by atoms with E-state index in [0.29, 0.717) is 5.56 Å². The smallest absolute Gasteiger partial charge is 0.365 e. The molecule has 0 spiro atoms. The van der Waals surface area contributed by atoms with Gasteiger partial charge >= 0.3 is 12.2 Å². The van der Waals surface area contributed by atoms with Crippen LogP contribution in [0.25, 0.3) is 11.3 Å². The number of aryl methyl sites for hydroxylation is 1. The lowest BCUT2D eigenvalue weighted by Gasteiger charge is -2.36. The van der Waals surface area contributed by atoms with Crippen LogP contribution in [0.5, 0.6) is 0 Å². The molecule has 180 valence electrons. The summed E-state index contributed by atoms with van der Waals surface area (Å²) < 4.78 is 56.4. The molecule has 3 aromatic rings. The molecule has 0 fully saturated rings. The van der Waals surface area contributed by atoms with Gasteiger partial charge < -0.3 is 16.4 Å². The highest BCUT2D eigenvalue weighted by atomic mass is 19.4. The van der Waals surface area contributed by atoms with E-state index in [1.54, 1.807) is 13.0 Å². The van der Waals surface area contributed by atoms with Gasteiger partial charge in [0, 0.05) is 12.1 Å². The molecule has 12 heteroatoms. The van der Waals surface area contributed by atoms with Gasteiger partial charge in [0.15, 0.2) is 0 Å². The van der Waals surface area contributed by atoms with E-state index in [4.69, 9.17) is 16.7 Å². The molecule has 0 aliphatic carbocycles. The van der Waals surface area contributed by atoms with Gasteiger partial charge in [-0.2, -0.15) is 23.5 Å². The topological polar surface area (TPSA) is 131 Å². The van der Waals surface area contributed by atoms with E-state index < -0.39 is 41.1 Å². The first kappa shape index (κ1) is 23.7. The predicted molar refractivity (Wildman–Crippen MR) is 115 cm³/mol. The highest BCUT2D eigenvalue weighted by Crippen LogP contribution is 2.41. The van der Waals surface area contributed by atoms with Crippen LogP contribution in [0.3, 0.4) is 0 Å².